The minimum atomic E-state index is -0.135. The second-order valence-electron chi connectivity index (χ2n) is 4.49. The molecule has 0 amide bonds. The van der Waals surface area contributed by atoms with E-state index in [-0.39, 0.29) is 6.04 Å². The number of aryl methyl sites for hydroxylation is 1. The highest BCUT2D eigenvalue weighted by molar-refractivity contribution is 6.31. The van der Waals surface area contributed by atoms with Gasteiger partial charge in [-0.15, -0.1) is 0 Å². The lowest BCUT2D eigenvalue weighted by Gasteiger charge is -2.18. The molecule has 2 aromatic rings. The number of nitrogens with two attached hydrogens (primary N) is 1. The van der Waals surface area contributed by atoms with Crippen LogP contribution in [0.15, 0.2) is 42.5 Å². The molecule has 0 aliphatic rings. The van der Waals surface area contributed by atoms with Gasteiger partial charge in [0.1, 0.15) is 12.4 Å². The maximum atomic E-state index is 6.13. The molecular formula is C15H16Cl2N2O. The van der Waals surface area contributed by atoms with Gasteiger partial charge < -0.3 is 4.74 Å². The molecule has 0 aliphatic carbocycles. The van der Waals surface area contributed by atoms with Crippen molar-refractivity contribution in [1.29, 1.82) is 0 Å². The Morgan fingerprint density at radius 3 is 2.45 bits per heavy atom. The van der Waals surface area contributed by atoms with Crippen LogP contribution in [-0.2, 0) is 0 Å². The topological polar surface area (TPSA) is 47.3 Å². The molecular weight excluding hydrogens is 295 g/mol. The first-order valence-electron chi connectivity index (χ1n) is 6.20. The summed E-state index contributed by atoms with van der Waals surface area (Å²) < 4.78 is 5.69. The zero-order chi connectivity index (χ0) is 14.5. The first-order chi connectivity index (χ1) is 9.60. The van der Waals surface area contributed by atoms with Crippen molar-refractivity contribution in [2.24, 2.45) is 5.84 Å². The Balaban J connectivity index is 2.05. The lowest BCUT2D eigenvalue weighted by molar-refractivity contribution is 0.267. The molecule has 0 saturated carbocycles. The minimum Gasteiger partial charge on any atom is -0.492 e. The quantitative estimate of drug-likeness (QED) is 0.650. The van der Waals surface area contributed by atoms with Crippen molar-refractivity contribution in [3.63, 3.8) is 0 Å². The van der Waals surface area contributed by atoms with Gasteiger partial charge >= 0.3 is 0 Å². The number of hydrogen-bond donors (Lipinski definition) is 2. The molecule has 3 nitrogen and oxygen atoms in total. The van der Waals surface area contributed by atoms with Gasteiger partial charge in [-0.3, -0.25) is 5.84 Å². The molecule has 0 saturated heterocycles. The summed E-state index contributed by atoms with van der Waals surface area (Å²) >= 11 is 12.0. The highest BCUT2D eigenvalue weighted by Crippen LogP contribution is 2.22. The smallest absolute Gasteiger partial charge is 0.119 e. The normalized spacial score (nSPS) is 12.2. The number of hydrogen-bond acceptors (Lipinski definition) is 3. The third kappa shape index (κ3) is 3.87. The highest BCUT2D eigenvalue weighted by Gasteiger charge is 2.12. The average Bonchev–Trinajstić information content (AvgIpc) is 2.45. The number of ether oxygens (including phenoxy) is 1. The minimum absolute atomic E-state index is 0.135. The average molecular weight is 311 g/mol. The van der Waals surface area contributed by atoms with E-state index in [9.17, 15) is 0 Å². The van der Waals surface area contributed by atoms with E-state index < -0.39 is 0 Å². The van der Waals surface area contributed by atoms with E-state index in [4.69, 9.17) is 33.8 Å². The Morgan fingerprint density at radius 1 is 1.15 bits per heavy atom. The fourth-order valence-electron chi connectivity index (χ4n) is 1.78. The van der Waals surface area contributed by atoms with Crippen molar-refractivity contribution < 1.29 is 4.74 Å². The van der Waals surface area contributed by atoms with Crippen LogP contribution in [0.5, 0.6) is 5.75 Å². The van der Waals surface area contributed by atoms with Gasteiger partial charge in [0.25, 0.3) is 0 Å². The lowest BCUT2D eigenvalue weighted by Crippen LogP contribution is -2.32. The molecule has 1 atom stereocenters. The third-order valence-electron chi connectivity index (χ3n) is 3.03. The molecule has 0 fully saturated rings. The van der Waals surface area contributed by atoms with Crippen LogP contribution in [0, 0.1) is 6.92 Å². The van der Waals surface area contributed by atoms with Gasteiger partial charge in [-0.05, 0) is 48.4 Å². The Labute approximate surface area is 128 Å². The molecule has 1 unspecified atom stereocenters. The zero-order valence-electron chi connectivity index (χ0n) is 11.1. The van der Waals surface area contributed by atoms with Gasteiger partial charge in [0, 0.05) is 10.0 Å². The second kappa shape index (κ2) is 6.95. The van der Waals surface area contributed by atoms with Crippen LogP contribution in [0.4, 0.5) is 0 Å². The van der Waals surface area contributed by atoms with E-state index >= 15 is 0 Å². The molecule has 2 rings (SSSR count). The van der Waals surface area contributed by atoms with Crippen molar-refractivity contribution in [1.82, 2.24) is 5.43 Å². The van der Waals surface area contributed by atoms with Gasteiger partial charge in [0.05, 0.1) is 6.04 Å². The van der Waals surface area contributed by atoms with Gasteiger partial charge in [-0.1, -0.05) is 35.3 Å². The van der Waals surface area contributed by atoms with Crippen molar-refractivity contribution >= 4 is 23.2 Å². The summed E-state index contributed by atoms with van der Waals surface area (Å²) in [4.78, 5) is 0. The van der Waals surface area contributed by atoms with E-state index in [1.165, 1.54) is 0 Å². The molecule has 0 aromatic heterocycles. The maximum absolute atomic E-state index is 6.13. The van der Waals surface area contributed by atoms with Crippen molar-refractivity contribution in [3.05, 3.63) is 63.6 Å². The molecule has 0 aliphatic heterocycles. The molecule has 5 heteroatoms. The molecule has 2 aromatic carbocycles. The van der Waals surface area contributed by atoms with Crippen molar-refractivity contribution in [3.8, 4) is 5.75 Å². The number of nitrogens with one attached hydrogen (secondary N) is 1. The van der Waals surface area contributed by atoms with E-state index in [0.29, 0.717) is 16.7 Å². The number of halogens is 2. The summed E-state index contributed by atoms with van der Waals surface area (Å²) in [5.41, 5.74) is 4.75. The van der Waals surface area contributed by atoms with Crippen LogP contribution in [0.25, 0.3) is 0 Å². The molecule has 0 radical (unpaired) electrons. The monoisotopic (exact) mass is 310 g/mol. The second-order valence-corrected chi connectivity index (χ2v) is 5.34. The molecule has 20 heavy (non-hydrogen) atoms. The van der Waals surface area contributed by atoms with Crippen molar-refractivity contribution in [2.45, 2.75) is 13.0 Å². The van der Waals surface area contributed by atoms with Crippen LogP contribution in [0.3, 0.4) is 0 Å². The maximum Gasteiger partial charge on any atom is 0.119 e. The lowest BCUT2D eigenvalue weighted by atomic mass is 10.1. The highest BCUT2D eigenvalue weighted by atomic mass is 35.5. The Bertz CT molecular complexity index is 573. The van der Waals surface area contributed by atoms with Crippen LogP contribution in [0.2, 0.25) is 10.0 Å². The van der Waals surface area contributed by atoms with Crippen LogP contribution in [-0.4, -0.2) is 6.61 Å². The van der Waals surface area contributed by atoms with E-state index in [1.807, 2.05) is 37.3 Å². The molecule has 0 bridgehead atoms. The number of rotatable bonds is 5. The SMILES string of the molecule is Cc1ccc(C(COc2ccc(Cl)cc2)NN)cc1Cl. The number of benzene rings is 2. The standard InChI is InChI=1S/C15H16Cl2N2O/c1-10-2-3-11(8-14(10)17)15(19-18)9-20-13-6-4-12(16)5-7-13/h2-8,15,19H,9,18H2,1H3. The molecule has 3 N–H and O–H groups in total. The van der Waals surface area contributed by atoms with Gasteiger partial charge in [-0.25, -0.2) is 5.43 Å². The predicted molar refractivity (Wildman–Crippen MR) is 83.2 cm³/mol. The van der Waals surface area contributed by atoms with E-state index in [0.717, 1.165) is 16.9 Å². The summed E-state index contributed by atoms with van der Waals surface area (Å²) in [6.07, 6.45) is 0. The van der Waals surface area contributed by atoms with Crippen molar-refractivity contribution in [2.75, 3.05) is 6.61 Å². The Hall–Kier alpha value is -1.26. The fraction of sp³-hybridized carbons (Fsp3) is 0.200. The van der Waals surface area contributed by atoms with Gasteiger partial charge in [-0.2, -0.15) is 0 Å². The summed E-state index contributed by atoms with van der Waals surface area (Å²) in [7, 11) is 0. The van der Waals surface area contributed by atoms with E-state index in [1.54, 1.807) is 12.1 Å². The van der Waals surface area contributed by atoms with Crippen LogP contribution < -0.4 is 16.0 Å². The fourth-order valence-corrected chi connectivity index (χ4v) is 2.09. The van der Waals surface area contributed by atoms with Crippen LogP contribution in [0.1, 0.15) is 17.2 Å². The molecule has 0 heterocycles. The summed E-state index contributed by atoms with van der Waals surface area (Å²) in [5.74, 6) is 6.33. The first kappa shape index (κ1) is 15.1. The van der Waals surface area contributed by atoms with Crippen LogP contribution >= 0.6 is 23.2 Å². The van der Waals surface area contributed by atoms with Gasteiger partial charge in [0.15, 0.2) is 0 Å². The Kier molecular flexibility index (Phi) is 5.26. The molecule has 0 spiro atoms. The summed E-state index contributed by atoms with van der Waals surface area (Å²) in [6, 6.07) is 12.9. The first-order valence-corrected chi connectivity index (χ1v) is 6.96. The molecule has 106 valence electrons. The largest absolute Gasteiger partial charge is 0.492 e. The number of hydrazine groups is 1. The third-order valence-corrected chi connectivity index (χ3v) is 3.69. The van der Waals surface area contributed by atoms with E-state index in [2.05, 4.69) is 5.43 Å². The predicted octanol–water partition coefficient (Wildman–Crippen LogP) is 3.89. The zero-order valence-corrected chi connectivity index (χ0v) is 12.6. The Morgan fingerprint density at radius 2 is 1.85 bits per heavy atom. The summed E-state index contributed by atoms with van der Waals surface area (Å²) in [5, 5.41) is 1.39. The van der Waals surface area contributed by atoms with Gasteiger partial charge in [0.2, 0.25) is 0 Å². The summed E-state index contributed by atoms with van der Waals surface area (Å²) in [6.45, 7) is 2.36.